The minimum atomic E-state index is -0.468. The molecule has 0 bridgehead atoms. The molecule has 106 valence electrons. The zero-order valence-corrected chi connectivity index (χ0v) is 11.5. The minimum Gasteiger partial charge on any atom is -0.392 e. The number of aliphatic hydroxyl groups excluding tert-OH is 1. The van der Waals surface area contributed by atoms with Crippen LogP contribution >= 0.6 is 11.8 Å². The van der Waals surface area contributed by atoms with Gasteiger partial charge in [-0.25, -0.2) is 0 Å². The highest BCUT2D eigenvalue weighted by molar-refractivity contribution is 8.00. The van der Waals surface area contributed by atoms with Gasteiger partial charge in [0, 0.05) is 17.1 Å². The van der Waals surface area contributed by atoms with Gasteiger partial charge in [-0.2, -0.15) is 0 Å². The Bertz CT molecular complexity index is 564. The summed E-state index contributed by atoms with van der Waals surface area (Å²) in [5.74, 6) is 0.214. The molecule has 2 heterocycles. The van der Waals surface area contributed by atoms with E-state index in [1.54, 1.807) is 6.07 Å². The van der Waals surface area contributed by atoms with Crippen LogP contribution in [-0.4, -0.2) is 41.4 Å². The van der Waals surface area contributed by atoms with Crippen molar-refractivity contribution in [1.29, 1.82) is 0 Å². The van der Waals surface area contributed by atoms with Crippen molar-refractivity contribution in [1.82, 2.24) is 5.32 Å². The van der Waals surface area contributed by atoms with Crippen molar-refractivity contribution in [3.05, 3.63) is 18.2 Å². The summed E-state index contributed by atoms with van der Waals surface area (Å²) in [7, 11) is 0. The van der Waals surface area contributed by atoms with Gasteiger partial charge in [-0.05, 0) is 24.6 Å². The summed E-state index contributed by atoms with van der Waals surface area (Å²) in [6.45, 7) is 0.439. The molecule has 6 nitrogen and oxygen atoms in total. The molecule has 2 aliphatic heterocycles. The first-order chi connectivity index (χ1) is 9.61. The number of nitrogens with one attached hydrogen (secondary N) is 3. The molecule has 20 heavy (non-hydrogen) atoms. The molecule has 4 N–H and O–H groups in total. The van der Waals surface area contributed by atoms with E-state index in [1.807, 2.05) is 12.1 Å². The average Bonchev–Trinajstić information content (AvgIpc) is 2.85. The SMILES string of the molecule is O=C1CSc2ccc(NC(=O)C3CC(O)CN3)cc2N1. The maximum atomic E-state index is 12.0. The Kier molecular flexibility index (Phi) is 3.64. The first kappa shape index (κ1) is 13.4. The number of hydrogen-bond acceptors (Lipinski definition) is 5. The van der Waals surface area contributed by atoms with Crippen molar-refractivity contribution in [2.75, 3.05) is 22.9 Å². The Hall–Kier alpha value is -1.57. The summed E-state index contributed by atoms with van der Waals surface area (Å²) in [6, 6.07) is 5.08. The fraction of sp³-hybridized carbons (Fsp3) is 0.385. The summed E-state index contributed by atoms with van der Waals surface area (Å²) >= 11 is 1.48. The zero-order chi connectivity index (χ0) is 14.1. The van der Waals surface area contributed by atoms with Crippen molar-refractivity contribution in [2.24, 2.45) is 0 Å². The number of carbonyl (C=O) groups excluding carboxylic acids is 2. The van der Waals surface area contributed by atoms with E-state index in [9.17, 15) is 14.7 Å². The van der Waals surface area contributed by atoms with Gasteiger partial charge in [-0.15, -0.1) is 11.8 Å². The molecule has 0 aliphatic carbocycles. The first-order valence-corrected chi connectivity index (χ1v) is 7.39. The molecule has 1 fully saturated rings. The highest BCUT2D eigenvalue weighted by Gasteiger charge is 2.28. The van der Waals surface area contributed by atoms with E-state index in [-0.39, 0.29) is 17.9 Å². The van der Waals surface area contributed by atoms with Crippen LogP contribution in [0.2, 0.25) is 0 Å². The minimum absolute atomic E-state index is 0.0356. The summed E-state index contributed by atoms with van der Waals surface area (Å²) < 4.78 is 0. The Morgan fingerprint density at radius 3 is 3.05 bits per heavy atom. The second-order valence-corrected chi connectivity index (χ2v) is 5.90. The third-order valence-electron chi connectivity index (χ3n) is 3.30. The predicted molar refractivity (Wildman–Crippen MR) is 76.8 cm³/mol. The molecule has 1 saturated heterocycles. The predicted octanol–water partition coefficient (Wildman–Crippen LogP) is 0.392. The summed E-state index contributed by atoms with van der Waals surface area (Å²) in [6.07, 6.45) is -0.0476. The third kappa shape index (κ3) is 2.79. The Morgan fingerprint density at radius 1 is 1.45 bits per heavy atom. The third-order valence-corrected chi connectivity index (χ3v) is 4.38. The normalized spacial score (nSPS) is 24.9. The van der Waals surface area contributed by atoms with Crippen LogP contribution in [0.15, 0.2) is 23.1 Å². The number of hydrogen-bond donors (Lipinski definition) is 4. The largest absolute Gasteiger partial charge is 0.392 e. The smallest absolute Gasteiger partial charge is 0.241 e. The van der Waals surface area contributed by atoms with E-state index in [1.165, 1.54) is 11.8 Å². The van der Waals surface area contributed by atoms with Crippen LogP contribution < -0.4 is 16.0 Å². The highest BCUT2D eigenvalue weighted by Crippen LogP contribution is 2.33. The summed E-state index contributed by atoms with van der Waals surface area (Å²) in [4.78, 5) is 24.4. The van der Waals surface area contributed by atoms with E-state index in [2.05, 4.69) is 16.0 Å². The van der Waals surface area contributed by atoms with Crippen LogP contribution in [0.1, 0.15) is 6.42 Å². The molecule has 2 unspecified atom stereocenters. The standard InChI is InChI=1S/C13H15N3O3S/c17-8-4-10(14-5-8)13(19)15-7-1-2-11-9(3-7)16-12(18)6-20-11/h1-3,8,10,14,17H,4-6H2,(H,15,19)(H,16,18). The lowest BCUT2D eigenvalue weighted by Gasteiger charge is -2.18. The van der Waals surface area contributed by atoms with Gasteiger partial charge in [0.15, 0.2) is 0 Å². The monoisotopic (exact) mass is 293 g/mol. The zero-order valence-electron chi connectivity index (χ0n) is 10.7. The number of amides is 2. The summed E-state index contributed by atoms with van der Waals surface area (Å²) in [5, 5.41) is 17.9. The number of β-amino-alcohol motifs (C(OH)–C–C–N with tert-alkyl or cyclic N) is 1. The molecule has 0 spiro atoms. The number of aliphatic hydroxyl groups is 1. The van der Waals surface area contributed by atoms with Crippen molar-refractivity contribution in [3.63, 3.8) is 0 Å². The van der Waals surface area contributed by atoms with Crippen molar-refractivity contribution >= 4 is 35.0 Å². The van der Waals surface area contributed by atoms with Gasteiger partial charge in [0.05, 0.1) is 23.6 Å². The number of rotatable bonds is 2. The molecular weight excluding hydrogens is 278 g/mol. The Balaban J connectivity index is 1.70. The first-order valence-electron chi connectivity index (χ1n) is 6.41. The van der Waals surface area contributed by atoms with Gasteiger partial charge in [0.2, 0.25) is 11.8 Å². The maximum Gasteiger partial charge on any atom is 0.241 e. The van der Waals surface area contributed by atoms with Crippen LogP contribution in [0, 0.1) is 0 Å². The van der Waals surface area contributed by atoms with Crippen LogP contribution in [0.25, 0.3) is 0 Å². The lowest BCUT2D eigenvalue weighted by Crippen LogP contribution is -2.35. The Labute approximate surface area is 120 Å². The van der Waals surface area contributed by atoms with Gasteiger partial charge in [0.1, 0.15) is 0 Å². The topological polar surface area (TPSA) is 90.5 Å². The molecule has 1 aromatic carbocycles. The number of thioether (sulfide) groups is 1. The number of carbonyl (C=O) groups is 2. The van der Waals surface area contributed by atoms with E-state index in [0.717, 1.165) is 10.6 Å². The number of anilines is 2. The molecular formula is C13H15N3O3S. The lowest BCUT2D eigenvalue weighted by atomic mass is 10.2. The molecule has 2 aliphatic rings. The summed E-state index contributed by atoms with van der Waals surface area (Å²) in [5.41, 5.74) is 1.36. The average molecular weight is 293 g/mol. The molecule has 2 amide bonds. The van der Waals surface area contributed by atoms with Crippen LogP contribution in [0.4, 0.5) is 11.4 Å². The van der Waals surface area contributed by atoms with Crippen molar-refractivity contribution in [2.45, 2.75) is 23.5 Å². The molecule has 2 atom stereocenters. The quantitative estimate of drug-likeness (QED) is 0.633. The van der Waals surface area contributed by atoms with E-state index in [0.29, 0.717) is 24.4 Å². The molecule has 0 saturated carbocycles. The van der Waals surface area contributed by atoms with E-state index < -0.39 is 6.10 Å². The van der Waals surface area contributed by atoms with Gasteiger partial charge >= 0.3 is 0 Å². The lowest BCUT2D eigenvalue weighted by molar-refractivity contribution is -0.118. The van der Waals surface area contributed by atoms with Crippen LogP contribution in [-0.2, 0) is 9.59 Å². The van der Waals surface area contributed by atoms with Crippen molar-refractivity contribution in [3.8, 4) is 0 Å². The van der Waals surface area contributed by atoms with Gasteiger partial charge in [-0.3, -0.25) is 9.59 Å². The fourth-order valence-corrected chi connectivity index (χ4v) is 3.10. The molecule has 3 rings (SSSR count). The van der Waals surface area contributed by atoms with Gasteiger partial charge in [0.25, 0.3) is 0 Å². The molecule has 1 aromatic rings. The van der Waals surface area contributed by atoms with Gasteiger partial charge < -0.3 is 21.1 Å². The fourth-order valence-electron chi connectivity index (χ4n) is 2.31. The highest BCUT2D eigenvalue weighted by atomic mass is 32.2. The van der Waals surface area contributed by atoms with E-state index in [4.69, 9.17) is 0 Å². The molecule has 7 heteroatoms. The molecule has 0 radical (unpaired) electrons. The van der Waals surface area contributed by atoms with Crippen molar-refractivity contribution < 1.29 is 14.7 Å². The second-order valence-electron chi connectivity index (χ2n) is 4.89. The van der Waals surface area contributed by atoms with Gasteiger partial charge in [-0.1, -0.05) is 0 Å². The van der Waals surface area contributed by atoms with Crippen LogP contribution in [0.3, 0.4) is 0 Å². The number of fused-ring (bicyclic) bond motifs is 1. The van der Waals surface area contributed by atoms with E-state index >= 15 is 0 Å². The second kappa shape index (κ2) is 5.43. The maximum absolute atomic E-state index is 12.0. The molecule has 0 aromatic heterocycles. The van der Waals surface area contributed by atoms with Crippen LogP contribution in [0.5, 0.6) is 0 Å². The Morgan fingerprint density at radius 2 is 2.30 bits per heavy atom. The number of benzene rings is 1.